The van der Waals surface area contributed by atoms with E-state index in [0.717, 1.165) is 12.0 Å². The maximum atomic E-state index is 13.5. The Morgan fingerprint density at radius 2 is 1.78 bits per heavy atom. The van der Waals surface area contributed by atoms with Gasteiger partial charge in [-0.15, -0.1) is 0 Å². The minimum absolute atomic E-state index is 0.323. The van der Waals surface area contributed by atoms with E-state index in [2.05, 4.69) is 19.9 Å². The van der Waals surface area contributed by atoms with Gasteiger partial charge in [0, 0.05) is 18.0 Å². The molecule has 3 aromatic heterocycles. The van der Waals surface area contributed by atoms with Crippen LogP contribution in [0.1, 0.15) is 36.1 Å². The molecule has 1 aliphatic rings. The summed E-state index contributed by atoms with van der Waals surface area (Å²) in [4.78, 5) is 21.3. The van der Waals surface area contributed by atoms with Crippen LogP contribution in [0.4, 0.5) is 4.39 Å². The topological polar surface area (TPSA) is 112 Å². The van der Waals surface area contributed by atoms with Crippen LogP contribution in [0.25, 0.3) is 22.6 Å². The molecule has 0 amide bonds. The monoisotopic (exact) mass is 432 g/mol. The first-order valence-electron chi connectivity index (χ1n) is 10.3. The molecule has 162 valence electrons. The first kappa shape index (κ1) is 20.4. The largest absolute Gasteiger partial charge is 0.346 e. The second-order valence-corrected chi connectivity index (χ2v) is 7.31. The Balaban J connectivity index is 1.57. The molecule has 0 bridgehead atoms. The molecule has 9 heteroatoms. The third kappa shape index (κ3) is 4.13. The van der Waals surface area contributed by atoms with Crippen LogP contribution in [0.3, 0.4) is 0 Å². The summed E-state index contributed by atoms with van der Waals surface area (Å²) in [5.41, 5.74) is 9.59. The van der Waals surface area contributed by atoms with Gasteiger partial charge in [-0.2, -0.15) is 0 Å². The molecule has 3 N–H and O–H groups in total. The quantitative estimate of drug-likeness (QED) is 0.496. The summed E-state index contributed by atoms with van der Waals surface area (Å²) < 4.78 is 24.9. The highest BCUT2D eigenvalue weighted by atomic mass is 19.1. The van der Waals surface area contributed by atoms with Crippen LogP contribution in [-0.2, 0) is 9.47 Å². The van der Waals surface area contributed by atoms with Gasteiger partial charge in [-0.25, -0.2) is 19.3 Å². The fourth-order valence-electron chi connectivity index (χ4n) is 3.51. The van der Waals surface area contributed by atoms with Gasteiger partial charge in [0.2, 0.25) is 6.29 Å². The number of aromatic amines is 1. The molecule has 1 fully saturated rings. The Morgan fingerprint density at radius 3 is 2.53 bits per heavy atom. The van der Waals surface area contributed by atoms with Gasteiger partial charge in [0.15, 0.2) is 11.6 Å². The summed E-state index contributed by atoms with van der Waals surface area (Å²) in [5.74, 6) is 0.622. The molecule has 0 saturated carbocycles. The fraction of sp³-hybridized carbons (Fsp3) is 0.217. The lowest BCUT2D eigenvalue weighted by molar-refractivity contribution is -0.186. The lowest BCUT2D eigenvalue weighted by Crippen LogP contribution is -2.18. The molecule has 1 atom stereocenters. The zero-order valence-electron chi connectivity index (χ0n) is 17.1. The van der Waals surface area contributed by atoms with Gasteiger partial charge in [0.05, 0.1) is 36.0 Å². The number of benzene rings is 1. The lowest BCUT2D eigenvalue weighted by atomic mass is 10.1. The van der Waals surface area contributed by atoms with Gasteiger partial charge in [-0.1, -0.05) is 6.07 Å². The summed E-state index contributed by atoms with van der Waals surface area (Å²) in [5, 5.41) is 0. The van der Waals surface area contributed by atoms with E-state index in [1.165, 1.54) is 12.1 Å². The molecule has 1 aromatic carbocycles. The van der Waals surface area contributed by atoms with E-state index >= 15 is 0 Å². The zero-order valence-corrected chi connectivity index (χ0v) is 17.1. The van der Waals surface area contributed by atoms with Crippen molar-refractivity contribution in [3.05, 3.63) is 84.1 Å². The van der Waals surface area contributed by atoms with Crippen molar-refractivity contribution in [1.29, 1.82) is 0 Å². The number of ether oxygens (including phenoxy) is 2. The van der Waals surface area contributed by atoms with Crippen molar-refractivity contribution in [2.45, 2.75) is 18.8 Å². The number of hydrogen-bond acceptors (Lipinski definition) is 7. The molecule has 1 saturated heterocycles. The van der Waals surface area contributed by atoms with Crippen LogP contribution >= 0.6 is 0 Å². The van der Waals surface area contributed by atoms with Gasteiger partial charge in [-0.05, 0) is 48.9 Å². The van der Waals surface area contributed by atoms with Crippen LogP contribution in [0.5, 0.6) is 0 Å². The van der Waals surface area contributed by atoms with Gasteiger partial charge in [-0.3, -0.25) is 4.98 Å². The van der Waals surface area contributed by atoms with E-state index in [1.807, 2.05) is 18.2 Å². The predicted octanol–water partition coefficient (Wildman–Crippen LogP) is 3.55. The van der Waals surface area contributed by atoms with Crippen molar-refractivity contribution >= 4 is 0 Å². The van der Waals surface area contributed by atoms with E-state index in [4.69, 9.17) is 20.2 Å². The van der Waals surface area contributed by atoms with Gasteiger partial charge in [0.25, 0.3) is 0 Å². The van der Waals surface area contributed by atoms with Crippen molar-refractivity contribution < 1.29 is 13.9 Å². The van der Waals surface area contributed by atoms with Crippen molar-refractivity contribution in [2.75, 3.05) is 13.2 Å². The molecule has 4 aromatic rings. The highest BCUT2D eigenvalue weighted by Crippen LogP contribution is 2.33. The minimum atomic E-state index is -0.603. The Morgan fingerprint density at radius 1 is 0.969 bits per heavy atom. The van der Waals surface area contributed by atoms with Crippen LogP contribution in [-0.4, -0.2) is 38.1 Å². The number of pyridine rings is 1. The molecule has 0 aliphatic carbocycles. The molecule has 8 nitrogen and oxygen atoms in total. The Bertz CT molecular complexity index is 1190. The summed E-state index contributed by atoms with van der Waals surface area (Å²) in [6.45, 7) is 1.17. The summed E-state index contributed by atoms with van der Waals surface area (Å²) in [6.07, 6.45) is 3.55. The summed E-state index contributed by atoms with van der Waals surface area (Å²) in [7, 11) is 0. The van der Waals surface area contributed by atoms with E-state index in [-0.39, 0.29) is 5.82 Å². The molecule has 0 spiro atoms. The fourth-order valence-corrected chi connectivity index (χ4v) is 3.51. The average molecular weight is 432 g/mol. The highest BCUT2D eigenvalue weighted by molar-refractivity contribution is 5.76. The maximum Gasteiger partial charge on any atom is 0.217 e. The predicted molar refractivity (Wildman–Crippen MR) is 115 cm³/mol. The minimum Gasteiger partial charge on any atom is -0.346 e. The second kappa shape index (κ2) is 8.91. The third-order valence-corrected chi connectivity index (χ3v) is 5.11. The van der Waals surface area contributed by atoms with Gasteiger partial charge < -0.3 is 20.2 Å². The first-order chi connectivity index (χ1) is 15.7. The molecule has 0 radical (unpaired) electrons. The standard InChI is InChI=1S/C23H21FN6O2/c24-15-7-5-14(6-8-15)19-20(30-22(29-19)23-31-12-3-13-32-23)17-9-11-27-21(28-17)18(25)16-4-1-2-10-26-16/h1-2,4-11,18,23H,3,12-13,25H2,(H,29,30). The van der Waals surface area contributed by atoms with Crippen LogP contribution < -0.4 is 5.73 Å². The number of nitrogens with two attached hydrogens (primary N) is 1. The number of H-pyrrole nitrogens is 1. The molecule has 1 unspecified atom stereocenters. The van der Waals surface area contributed by atoms with Crippen molar-refractivity contribution in [3.8, 4) is 22.6 Å². The molecule has 1 aliphatic heterocycles. The van der Waals surface area contributed by atoms with Crippen molar-refractivity contribution in [2.24, 2.45) is 5.73 Å². The van der Waals surface area contributed by atoms with E-state index in [1.54, 1.807) is 30.6 Å². The Kier molecular flexibility index (Phi) is 5.68. The number of rotatable bonds is 5. The van der Waals surface area contributed by atoms with Crippen LogP contribution in [0, 0.1) is 5.82 Å². The number of halogens is 1. The number of aromatic nitrogens is 5. The Hall–Kier alpha value is -3.53. The number of nitrogens with zero attached hydrogens (tertiary/aromatic N) is 4. The molecular weight excluding hydrogens is 411 g/mol. The second-order valence-electron chi connectivity index (χ2n) is 7.31. The van der Waals surface area contributed by atoms with E-state index < -0.39 is 12.3 Å². The summed E-state index contributed by atoms with van der Waals surface area (Å²) in [6, 6.07) is 12.8. The average Bonchev–Trinajstić information content (AvgIpc) is 3.31. The molecule has 32 heavy (non-hydrogen) atoms. The molecule has 4 heterocycles. The van der Waals surface area contributed by atoms with Crippen LogP contribution in [0.2, 0.25) is 0 Å². The van der Waals surface area contributed by atoms with E-state index in [9.17, 15) is 4.39 Å². The smallest absolute Gasteiger partial charge is 0.217 e. The first-order valence-corrected chi connectivity index (χ1v) is 10.3. The zero-order chi connectivity index (χ0) is 21.9. The molecular formula is C23H21FN6O2. The normalized spacial score (nSPS) is 15.6. The van der Waals surface area contributed by atoms with Crippen molar-refractivity contribution in [1.82, 2.24) is 24.9 Å². The summed E-state index contributed by atoms with van der Waals surface area (Å²) >= 11 is 0. The maximum absolute atomic E-state index is 13.5. The van der Waals surface area contributed by atoms with Crippen molar-refractivity contribution in [3.63, 3.8) is 0 Å². The third-order valence-electron chi connectivity index (χ3n) is 5.11. The van der Waals surface area contributed by atoms with E-state index in [0.29, 0.717) is 47.6 Å². The number of nitrogens with one attached hydrogen (secondary N) is 1. The van der Waals surface area contributed by atoms with Crippen LogP contribution in [0.15, 0.2) is 60.9 Å². The lowest BCUT2D eigenvalue weighted by Gasteiger charge is -2.21. The van der Waals surface area contributed by atoms with Gasteiger partial charge >= 0.3 is 0 Å². The van der Waals surface area contributed by atoms with Gasteiger partial charge in [0.1, 0.15) is 11.9 Å². The Labute approximate surface area is 183 Å². The SMILES string of the molecule is NC(c1ccccn1)c1nccc(-c2[nH]c(C3OCCCO3)nc2-c2ccc(F)cc2)n1. The number of imidazole rings is 1. The molecule has 5 rings (SSSR count). The number of hydrogen-bond donors (Lipinski definition) is 2. The highest BCUT2D eigenvalue weighted by Gasteiger charge is 2.25.